The molecule has 180 valence electrons. The number of hydrogen-bond donors (Lipinski definition) is 1. The lowest BCUT2D eigenvalue weighted by Gasteiger charge is -2.29. The van der Waals surface area contributed by atoms with Crippen LogP contribution in [-0.4, -0.2) is 91.3 Å². The van der Waals surface area contributed by atoms with Crippen molar-refractivity contribution < 1.29 is 48.0 Å². The minimum Gasteiger partial charge on any atom is -0.451 e. The molecule has 0 bridgehead atoms. The number of carbonyl (C=O) groups is 5. The number of hydrogen-bond acceptors (Lipinski definition) is 10. The second-order valence-corrected chi connectivity index (χ2v) is 7.42. The topological polar surface area (TPSA) is 146 Å². The van der Waals surface area contributed by atoms with Crippen molar-refractivity contribution in [2.24, 2.45) is 5.92 Å². The van der Waals surface area contributed by atoms with Crippen LogP contribution in [0.15, 0.2) is 12.2 Å². The van der Waals surface area contributed by atoms with Gasteiger partial charge in [-0.25, -0.2) is 9.69 Å². The highest BCUT2D eigenvalue weighted by Crippen LogP contribution is 2.23. The molecule has 0 aromatic rings. The Morgan fingerprint density at radius 2 is 1.88 bits per heavy atom. The molecule has 0 aromatic heterocycles. The second kappa shape index (κ2) is 13.7. The third kappa shape index (κ3) is 8.13. The number of ketones is 2. The van der Waals surface area contributed by atoms with E-state index in [1.165, 1.54) is 0 Å². The molecule has 11 heteroatoms. The van der Waals surface area contributed by atoms with E-state index in [2.05, 4.69) is 0 Å². The molecule has 0 saturated carbocycles. The van der Waals surface area contributed by atoms with Crippen LogP contribution in [0.4, 0.5) is 4.79 Å². The van der Waals surface area contributed by atoms with Crippen molar-refractivity contribution in [3.05, 3.63) is 12.2 Å². The van der Waals surface area contributed by atoms with Crippen LogP contribution in [0.1, 0.15) is 33.6 Å². The number of esters is 1. The number of methoxy groups -OCH3 is 1. The quantitative estimate of drug-likeness (QED) is 0.221. The van der Waals surface area contributed by atoms with Gasteiger partial charge < -0.3 is 24.1 Å². The lowest BCUT2D eigenvalue weighted by molar-refractivity contribution is -0.166. The molecule has 2 amide bonds. The van der Waals surface area contributed by atoms with E-state index < -0.39 is 42.0 Å². The lowest BCUT2D eigenvalue weighted by Crippen LogP contribution is -2.53. The molecule has 0 unspecified atom stereocenters. The average molecular weight is 457 g/mol. The van der Waals surface area contributed by atoms with Crippen molar-refractivity contribution in [3.8, 4) is 0 Å². The summed E-state index contributed by atoms with van der Waals surface area (Å²) in [5.41, 5.74) is 0. The minimum absolute atomic E-state index is 0.00127. The lowest BCUT2D eigenvalue weighted by atomic mass is 10.0. The van der Waals surface area contributed by atoms with E-state index in [-0.39, 0.29) is 44.5 Å². The fourth-order valence-electron chi connectivity index (χ4n) is 2.99. The molecule has 1 fully saturated rings. The molecule has 1 rings (SSSR count). The number of amides is 2. The summed E-state index contributed by atoms with van der Waals surface area (Å²) in [6.45, 7) is 4.97. The van der Waals surface area contributed by atoms with Crippen LogP contribution in [-0.2, 0) is 38.1 Å². The van der Waals surface area contributed by atoms with Gasteiger partial charge >= 0.3 is 12.1 Å². The zero-order valence-electron chi connectivity index (χ0n) is 18.8. The van der Waals surface area contributed by atoms with E-state index >= 15 is 0 Å². The molecule has 1 N–H and O–H groups in total. The summed E-state index contributed by atoms with van der Waals surface area (Å²) in [4.78, 5) is 62.2. The van der Waals surface area contributed by atoms with Crippen LogP contribution >= 0.6 is 0 Å². The fourth-order valence-corrected chi connectivity index (χ4v) is 2.99. The molecule has 32 heavy (non-hydrogen) atoms. The number of aliphatic hydroxyl groups is 1. The normalized spacial score (nSPS) is 18.0. The van der Waals surface area contributed by atoms with Gasteiger partial charge in [0.1, 0.15) is 6.61 Å². The summed E-state index contributed by atoms with van der Waals surface area (Å²) >= 11 is 0. The van der Waals surface area contributed by atoms with Gasteiger partial charge in [0.15, 0.2) is 23.8 Å². The summed E-state index contributed by atoms with van der Waals surface area (Å²) in [5, 5.41) is 8.62. The highest BCUT2D eigenvalue weighted by Gasteiger charge is 2.46. The van der Waals surface area contributed by atoms with E-state index in [0.717, 1.165) is 31.1 Å². The van der Waals surface area contributed by atoms with Crippen LogP contribution in [0.2, 0.25) is 0 Å². The first-order valence-corrected chi connectivity index (χ1v) is 10.3. The van der Waals surface area contributed by atoms with Gasteiger partial charge in [0, 0.05) is 27.1 Å². The van der Waals surface area contributed by atoms with Crippen LogP contribution in [0.25, 0.3) is 0 Å². The number of ether oxygens (including phenoxy) is 4. The Morgan fingerprint density at radius 3 is 2.44 bits per heavy atom. The van der Waals surface area contributed by atoms with E-state index in [9.17, 15) is 24.0 Å². The molecule has 11 nitrogen and oxygen atoms in total. The summed E-state index contributed by atoms with van der Waals surface area (Å²) in [6, 6.07) is -0.564. The maximum atomic E-state index is 13.0. The van der Waals surface area contributed by atoms with Crippen molar-refractivity contribution in [1.29, 1.82) is 0 Å². The molecular formula is C21H31NO10. The van der Waals surface area contributed by atoms with Gasteiger partial charge in [0.05, 0.1) is 19.3 Å². The highest BCUT2D eigenvalue weighted by molar-refractivity contribution is 6.05. The van der Waals surface area contributed by atoms with E-state index in [0.29, 0.717) is 6.42 Å². The van der Waals surface area contributed by atoms with Gasteiger partial charge in [-0.15, -0.1) is 0 Å². The largest absolute Gasteiger partial charge is 0.451 e. The molecule has 3 atom stereocenters. The van der Waals surface area contributed by atoms with Crippen LogP contribution in [0.5, 0.6) is 0 Å². The number of nitrogens with zero attached hydrogens (tertiary/aromatic N) is 1. The van der Waals surface area contributed by atoms with Crippen LogP contribution in [0.3, 0.4) is 0 Å². The Hall–Kier alpha value is -2.63. The van der Waals surface area contributed by atoms with Gasteiger partial charge in [-0.3, -0.25) is 19.2 Å². The molecule has 0 aliphatic carbocycles. The Morgan fingerprint density at radius 1 is 1.19 bits per heavy atom. The zero-order chi connectivity index (χ0) is 24.3. The Labute approximate surface area is 186 Å². The van der Waals surface area contributed by atoms with Crippen molar-refractivity contribution >= 4 is 29.5 Å². The number of rotatable bonds is 14. The van der Waals surface area contributed by atoms with Gasteiger partial charge in [-0.2, -0.15) is 0 Å². The zero-order valence-corrected chi connectivity index (χ0v) is 18.8. The van der Waals surface area contributed by atoms with Gasteiger partial charge in [-0.05, 0) is 24.5 Å². The number of carbonyl (C=O) groups excluding carboxylic acids is 5. The Bertz CT molecular complexity index is 717. The molecule has 0 aromatic carbocycles. The van der Waals surface area contributed by atoms with Crippen LogP contribution < -0.4 is 0 Å². The number of aliphatic hydroxyl groups excluding tert-OH is 1. The maximum absolute atomic E-state index is 13.0. The fraction of sp³-hybridized carbons (Fsp3) is 0.667. The smallest absolute Gasteiger partial charge is 0.417 e. The highest BCUT2D eigenvalue weighted by atomic mass is 16.6. The Balaban J connectivity index is 2.92. The predicted molar refractivity (Wildman–Crippen MR) is 109 cm³/mol. The molecule has 0 radical (unpaired) electrons. The first-order chi connectivity index (χ1) is 15.1. The molecule has 1 saturated heterocycles. The number of allylic oxidation sites excluding steroid dienone is 1. The average Bonchev–Trinajstić information content (AvgIpc) is 3.13. The standard InChI is InChI=1S/C21H31NO10/c1-13(2)16-12-31-21(28)22(16)20(27)19(29-4)18(32-14(3)24)17(26)8-7-15(25)6-5-10-30-11-9-23/h7-8,13,16,18-19,23H,5-6,9-12H2,1-4H3/t16-,18-,19+/m1/s1. The van der Waals surface area contributed by atoms with Crippen LogP contribution in [0, 0.1) is 5.92 Å². The third-order valence-electron chi connectivity index (χ3n) is 4.64. The summed E-state index contributed by atoms with van der Waals surface area (Å²) in [6.07, 6.45) is -1.77. The summed E-state index contributed by atoms with van der Waals surface area (Å²) in [5.74, 6) is -3.07. The maximum Gasteiger partial charge on any atom is 0.417 e. The molecule has 1 aliphatic heterocycles. The van der Waals surface area contributed by atoms with Crippen molar-refractivity contribution in [1.82, 2.24) is 4.90 Å². The first kappa shape index (κ1) is 27.4. The third-order valence-corrected chi connectivity index (χ3v) is 4.64. The monoisotopic (exact) mass is 457 g/mol. The predicted octanol–water partition coefficient (Wildman–Crippen LogP) is 0.420. The van der Waals surface area contributed by atoms with E-state index in [4.69, 9.17) is 24.1 Å². The minimum atomic E-state index is -1.69. The van der Waals surface area contributed by atoms with Gasteiger partial charge in [0.2, 0.25) is 0 Å². The SMILES string of the molecule is CO[C@H](C(=O)N1C(=O)OC[C@@H]1C(C)C)[C@H](OC(C)=O)C(=O)C=CC(=O)CCCOCCO. The van der Waals surface area contributed by atoms with Gasteiger partial charge in [-0.1, -0.05) is 13.8 Å². The number of imide groups is 1. The summed E-state index contributed by atoms with van der Waals surface area (Å²) < 4.78 is 20.2. The number of cyclic esters (lactones) is 1. The van der Waals surface area contributed by atoms with Crippen molar-refractivity contribution in [3.63, 3.8) is 0 Å². The molecule has 0 spiro atoms. The molecule has 1 aliphatic rings. The van der Waals surface area contributed by atoms with Crippen molar-refractivity contribution in [2.75, 3.05) is 33.5 Å². The molecular weight excluding hydrogens is 426 g/mol. The summed E-state index contributed by atoms with van der Waals surface area (Å²) in [7, 11) is 1.14. The first-order valence-electron chi connectivity index (χ1n) is 10.3. The van der Waals surface area contributed by atoms with E-state index in [1.54, 1.807) is 13.8 Å². The van der Waals surface area contributed by atoms with Gasteiger partial charge in [0.25, 0.3) is 5.91 Å². The Kier molecular flexibility index (Phi) is 11.7. The van der Waals surface area contributed by atoms with Crippen molar-refractivity contribution in [2.45, 2.75) is 51.9 Å². The second-order valence-electron chi connectivity index (χ2n) is 7.42. The van der Waals surface area contributed by atoms with E-state index in [1.807, 2.05) is 0 Å². The molecule has 1 heterocycles.